The molecule has 2 aliphatic heterocycles. The van der Waals surface area contributed by atoms with Crippen LogP contribution in [0.3, 0.4) is 0 Å². The molecule has 1 atom stereocenters. The smallest absolute Gasteiger partial charge is 0.324 e. The number of urea groups is 1. The average molecular weight is 398 g/mol. The number of benzene rings is 2. The Kier molecular flexibility index (Phi) is 4.67. The summed E-state index contributed by atoms with van der Waals surface area (Å²) in [6.07, 6.45) is 4.79. The number of hydrogen-bond donors (Lipinski definition) is 2. The fourth-order valence-corrected chi connectivity index (χ4v) is 4.39. The molecule has 1 aromatic heterocycles. The van der Waals surface area contributed by atoms with Gasteiger partial charge in [0.25, 0.3) is 5.91 Å². The van der Waals surface area contributed by atoms with Crippen LogP contribution in [0.4, 0.5) is 16.3 Å². The van der Waals surface area contributed by atoms with Gasteiger partial charge < -0.3 is 10.2 Å². The monoisotopic (exact) mass is 398 g/mol. The lowest BCUT2D eigenvalue weighted by Crippen LogP contribution is -2.32. The molecule has 2 aromatic carbocycles. The van der Waals surface area contributed by atoms with Crippen molar-refractivity contribution in [3.05, 3.63) is 78.0 Å². The van der Waals surface area contributed by atoms with Crippen LogP contribution in [-0.4, -0.2) is 28.4 Å². The van der Waals surface area contributed by atoms with E-state index in [-0.39, 0.29) is 18.0 Å². The van der Waals surface area contributed by atoms with E-state index < -0.39 is 0 Å². The van der Waals surface area contributed by atoms with Crippen LogP contribution in [0.25, 0.3) is 11.1 Å². The van der Waals surface area contributed by atoms with Gasteiger partial charge in [0.15, 0.2) is 0 Å². The van der Waals surface area contributed by atoms with Crippen molar-refractivity contribution >= 4 is 23.4 Å². The third-order valence-corrected chi connectivity index (χ3v) is 5.79. The predicted octanol–water partition coefficient (Wildman–Crippen LogP) is 5.07. The third-order valence-electron chi connectivity index (χ3n) is 5.79. The van der Waals surface area contributed by atoms with E-state index in [0.717, 1.165) is 42.5 Å². The quantitative estimate of drug-likeness (QED) is 0.647. The summed E-state index contributed by atoms with van der Waals surface area (Å²) in [6, 6.07) is 18.9. The minimum atomic E-state index is -0.370. The Morgan fingerprint density at radius 3 is 2.60 bits per heavy atom. The van der Waals surface area contributed by atoms with Crippen molar-refractivity contribution in [2.75, 3.05) is 17.2 Å². The Balaban J connectivity index is 1.32. The molecule has 0 saturated carbocycles. The summed E-state index contributed by atoms with van der Waals surface area (Å²) in [5.74, 6) is 0.534. The van der Waals surface area contributed by atoms with Crippen molar-refractivity contribution < 1.29 is 9.59 Å². The number of anilines is 2. The van der Waals surface area contributed by atoms with E-state index in [9.17, 15) is 9.59 Å². The number of nitrogens with one attached hydrogen (secondary N) is 2. The Morgan fingerprint density at radius 1 is 0.933 bits per heavy atom. The van der Waals surface area contributed by atoms with Gasteiger partial charge in [-0.25, -0.2) is 9.78 Å². The second-order valence-corrected chi connectivity index (χ2v) is 7.65. The molecule has 0 bridgehead atoms. The van der Waals surface area contributed by atoms with Gasteiger partial charge in [-0.15, -0.1) is 0 Å². The molecule has 150 valence electrons. The van der Waals surface area contributed by atoms with E-state index in [1.807, 2.05) is 59.5 Å². The maximum absolute atomic E-state index is 12.7. The molecule has 3 heterocycles. The molecule has 2 N–H and O–H groups in total. The largest absolute Gasteiger partial charge is 0.331 e. The van der Waals surface area contributed by atoms with Gasteiger partial charge in [0.1, 0.15) is 5.82 Å². The van der Waals surface area contributed by atoms with Crippen LogP contribution >= 0.6 is 0 Å². The minimum Gasteiger partial charge on any atom is -0.331 e. The molecule has 1 saturated heterocycles. The number of carbonyl (C=O) groups excluding carboxylic acids is 2. The zero-order valence-electron chi connectivity index (χ0n) is 16.5. The van der Waals surface area contributed by atoms with Gasteiger partial charge in [-0.1, -0.05) is 36.4 Å². The van der Waals surface area contributed by atoms with Crippen molar-refractivity contribution in [3.63, 3.8) is 0 Å². The molecule has 1 fully saturated rings. The molecule has 0 aliphatic carbocycles. The van der Waals surface area contributed by atoms with Crippen molar-refractivity contribution in [1.29, 1.82) is 0 Å². The van der Waals surface area contributed by atoms with Crippen molar-refractivity contribution in [2.24, 2.45) is 0 Å². The first kappa shape index (κ1) is 18.4. The topological polar surface area (TPSA) is 74.3 Å². The highest BCUT2D eigenvalue weighted by molar-refractivity contribution is 6.05. The molecule has 3 amide bonds. The van der Waals surface area contributed by atoms with Gasteiger partial charge in [-0.05, 0) is 49.1 Å². The van der Waals surface area contributed by atoms with Crippen LogP contribution in [0.2, 0.25) is 0 Å². The molecule has 3 aromatic rings. The van der Waals surface area contributed by atoms with Crippen LogP contribution in [0.5, 0.6) is 0 Å². The van der Waals surface area contributed by atoms with Crippen molar-refractivity contribution in [2.45, 2.75) is 25.3 Å². The van der Waals surface area contributed by atoms with Gasteiger partial charge in [-0.2, -0.15) is 0 Å². The van der Waals surface area contributed by atoms with E-state index in [1.54, 1.807) is 12.3 Å². The predicted molar refractivity (Wildman–Crippen MR) is 116 cm³/mol. The fourth-order valence-electron chi connectivity index (χ4n) is 4.39. The molecule has 30 heavy (non-hydrogen) atoms. The number of carbonyl (C=O) groups is 2. The highest BCUT2D eigenvalue weighted by atomic mass is 16.2. The number of rotatable bonds is 3. The first-order valence-electron chi connectivity index (χ1n) is 10.2. The molecule has 1 unspecified atom stereocenters. The molecule has 6 heteroatoms. The summed E-state index contributed by atoms with van der Waals surface area (Å²) in [5.41, 5.74) is 4.38. The summed E-state index contributed by atoms with van der Waals surface area (Å²) in [6.45, 7) is 0.779. The maximum atomic E-state index is 12.7. The third kappa shape index (κ3) is 3.30. The summed E-state index contributed by atoms with van der Waals surface area (Å²) >= 11 is 0. The lowest BCUT2D eigenvalue weighted by Gasteiger charge is -2.30. The summed E-state index contributed by atoms with van der Waals surface area (Å²) in [7, 11) is 0. The number of pyridine rings is 1. The number of nitrogens with zero attached hydrogens (tertiary/aromatic N) is 2. The van der Waals surface area contributed by atoms with Crippen LogP contribution < -0.4 is 10.6 Å². The second-order valence-electron chi connectivity index (χ2n) is 7.65. The normalized spacial score (nSPS) is 17.3. The average Bonchev–Trinajstić information content (AvgIpc) is 3.08. The number of hydrogen-bond acceptors (Lipinski definition) is 3. The first-order chi connectivity index (χ1) is 14.7. The molecule has 0 spiro atoms. The Morgan fingerprint density at radius 2 is 1.80 bits per heavy atom. The number of piperidine rings is 1. The number of aromatic nitrogens is 1. The highest BCUT2D eigenvalue weighted by Gasteiger charge is 2.39. The highest BCUT2D eigenvalue weighted by Crippen LogP contribution is 2.43. The van der Waals surface area contributed by atoms with Crippen LogP contribution in [-0.2, 0) is 0 Å². The Bertz CT molecular complexity index is 1100. The van der Waals surface area contributed by atoms with Gasteiger partial charge in [0, 0.05) is 35.1 Å². The van der Waals surface area contributed by atoms with Gasteiger partial charge in [-0.3, -0.25) is 10.1 Å². The van der Waals surface area contributed by atoms with Crippen molar-refractivity contribution in [1.82, 2.24) is 9.88 Å². The van der Waals surface area contributed by atoms with E-state index in [0.29, 0.717) is 17.1 Å². The molecule has 6 nitrogen and oxygen atoms in total. The minimum absolute atomic E-state index is 0.0565. The van der Waals surface area contributed by atoms with E-state index in [2.05, 4.69) is 15.6 Å². The zero-order valence-corrected chi connectivity index (χ0v) is 16.5. The molecule has 5 rings (SSSR count). The molecule has 2 aliphatic rings. The van der Waals surface area contributed by atoms with Crippen molar-refractivity contribution in [3.8, 4) is 11.1 Å². The number of amides is 3. The van der Waals surface area contributed by atoms with Gasteiger partial charge in [0.2, 0.25) is 0 Å². The van der Waals surface area contributed by atoms with E-state index in [1.165, 1.54) is 0 Å². The van der Waals surface area contributed by atoms with Gasteiger partial charge >= 0.3 is 6.03 Å². The summed E-state index contributed by atoms with van der Waals surface area (Å²) in [4.78, 5) is 31.6. The number of fused-ring (bicyclic) bond motifs is 3. The second kappa shape index (κ2) is 7.63. The first-order valence-corrected chi connectivity index (χ1v) is 10.2. The standard InChI is InChI=1S/C24H22N4O2/c29-23-18-9-6-10-19(22(18)20-11-4-5-14-28(20)23)26-24(30)27-21-13-12-17(15-25-21)16-7-2-1-3-8-16/h1-3,6-10,12-13,15,20H,4-5,11,14H2,(H2,25,26,27,30). The Labute approximate surface area is 174 Å². The molecular weight excluding hydrogens is 376 g/mol. The van der Waals surface area contributed by atoms with E-state index >= 15 is 0 Å². The maximum Gasteiger partial charge on any atom is 0.324 e. The fraction of sp³-hybridized carbons (Fsp3) is 0.208. The van der Waals surface area contributed by atoms with E-state index in [4.69, 9.17) is 0 Å². The van der Waals surface area contributed by atoms with Crippen LogP contribution in [0, 0.1) is 0 Å². The van der Waals surface area contributed by atoms with Crippen LogP contribution in [0.15, 0.2) is 66.9 Å². The van der Waals surface area contributed by atoms with Gasteiger partial charge in [0.05, 0.1) is 6.04 Å². The Hall–Kier alpha value is -3.67. The zero-order chi connectivity index (χ0) is 20.5. The van der Waals surface area contributed by atoms with Crippen LogP contribution in [0.1, 0.15) is 41.2 Å². The lowest BCUT2D eigenvalue weighted by atomic mass is 9.96. The molecular formula is C24H22N4O2. The molecule has 0 radical (unpaired) electrons. The summed E-state index contributed by atoms with van der Waals surface area (Å²) < 4.78 is 0. The summed E-state index contributed by atoms with van der Waals surface area (Å²) in [5, 5.41) is 5.71. The lowest BCUT2D eigenvalue weighted by molar-refractivity contribution is 0.0672. The SMILES string of the molecule is O=C(Nc1ccc(-c2ccccc2)cn1)Nc1cccc2c1C1CCCCN1C2=O.